The third-order valence-corrected chi connectivity index (χ3v) is 5.49. The number of hydrogen-bond donors (Lipinski definition) is 1. The minimum atomic E-state index is -0.482. The van der Waals surface area contributed by atoms with Gasteiger partial charge in [-0.05, 0) is 43.7 Å². The normalized spacial score (nSPS) is 11.8. The average Bonchev–Trinajstić information content (AvgIpc) is 2.71. The summed E-state index contributed by atoms with van der Waals surface area (Å²) in [5.41, 5.74) is 2.08. The second-order valence-electron chi connectivity index (χ2n) is 6.57. The zero-order valence-corrected chi connectivity index (χ0v) is 17.5. The van der Waals surface area contributed by atoms with E-state index in [9.17, 15) is 9.59 Å². The maximum Gasteiger partial charge on any atom is 0.262 e. The van der Waals surface area contributed by atoms with Crippen LogP contribution in [0.4, 0.5) is 5.69 Å². The number of nitrogens with one attached hydrogen (secondary N) is 1. The summed E-state index contributed by atoms with van der Waals surface area (Å²) in [7, 11) is 1.56. The quantitative estimate of drug-likeness (QED) is 0.362. The van der Waals surface area contributed by atoms with Crippen LogP contribution in [-0.4, -0.2) is 27.8 Å². The van der Waals surface area contributed by atoms with Crippen molar-refractivity contribution in [3.63, 3.8) is 0 Å². The minimum absolute atomic E-state index is 0.147. The van der Waals surface area contributed by atoms with E-state index < -0.39 is 5.25 Å². The maximum atomic E-state index is 12.8. The highest BCUT2D eigenvalue weighted by Gasteiger charge is 2.20. The summed E-state index contributed by atoms with van der Waals surface area (Å²) >= 11 is 1.24. The molecule has 0 fully saturated rings. The van der Waals surface area contributed by atoms with Gasteiger partial charge >= 0.3 is 0 Å². The highest BCUT2D eigenvalue weighted by molar-refractivity contribution is 8.00. The van der Waals surface area contributed by atoms with Crippen LogP contribution in [-0.2, 0) is 11.3 Å². The van der Waals surface area contributed by atoms with Gasteiger partial charge in [0.2, 0.25) is 5.91 Å². The summed E-state index contributed by atoms with van der Waals surface area (Å²) in [6.45, 7) is 7.77. The number of aromatic nitrogens is 2. The predicted octanol–water partition coefficient (Wildman–Crippen LogP) is 4.02. The van der Waals surface area contributed by atoms with Crippen molar-refractivity contribution in [1.29, 1.82) is 0 Å². The van der Waals surface area contributed by atoms with Crippen LogP contribution in [0.3, 0.4) is 0 Å². The first-order valence-electron chi connectivity index (χ1n) is 9.17. The van der Waals surface area contributed by atoms with Crippen molar-refractivity contribution >= 4 is 34.3 Å². The average molecular weight is 410 g/mol. The molecule has 2 aromatic carbocycles. The van der Waals surface area contributed by atoms with Crippen molar-refractivity contribution in [2.75, 3.05) is 12.4 Å². The number of hydrogen-bond acceptors (Lipinski definition) is 5. The van der Waals surface area contributed by atoms with Crippen molar-refractivity contribution in [2.45, 2.75) is 30.8 Å². The molecule has 7 heteroatoms. The molecule has 0 aliphatic rings. The molecule has 1 amide bonds. The van der Waals surface area contributed by atoms with E-state index in [1.54, 1.807) is 32.2 Å². The number of amides is 1. The molecule has 0 saturated heterocycles. The lowest BCUT2D eigenvalue weighted by molar-refractivity contribution is -0.115. The third-order valence-electron chi connectivity index (χ3n) is 4.40. The minimum Gasteiger partial charge on any atom is -0.495 e. The first-order chi connectivity index (χ1) is 13.9. The Bertz CT molecular complexity index is 1120. The molecular formula is C22H23N3O3S. The molecule has 0 bridgehead atoms. The summed E-state index contributed by atoms with van der Waals surface area (Å²) in [6, 6.07) is 12.8. The Morgan fingerprint density at radius 2 is 2.10 bits per heavy atom. The van der Waals surface area contributed by atoms with Crippen LogP contribution in [0.25, 0.3) is 10.9 Å². The number of ether oxygens (including phenoxy) is 1. The molecule has 0 spiro atoms. The van der Waals surface area contributed by atoms with Gasteiger partial charge in [-0.25, -0.2) is 4.98 Å². The molecular weight excluding hydrogens is 386 g/mol. The number of thioether (sulfide) groups is 1. The lowest BCUT2D eigenvalue weighted by Gasteiger charge is -2.16. The zero-order chi connectivity index (χ0) is 21.0. The number of methoxy groups -OCH3 is 1. The molecule has 0 radical (unpaired) electrons. The Kier molecular flexibility index (Phi) is 6.39. The SMILES string of the molecule is C=CCn1c(S[C@@H](C)C(=O)Nc2cc(C)ccc2OC)nc2ccccc2c1=O. The van der Waals surface area contributed by atoms with Gasteiger partial charge in [0.05, 0.1) is 29.0 Å². The van der Waals surface area contributed by atoms with E-state index in [4.69, 9.17) is 4.74 Å². The molecule has 150 valence electrons. The van der Waals surface area contributed by atoms with Crippen molar-refractivity contribution in [2.24, 2.45) is 0 Å². The first kappa shape index (κ1) is 20.7. The highest BCUT2D eigenvalue weighted by Crippen LogP contribution is 2.28. The van der Waals surface area contributed by atoms with Gasteiger partial charge in [-0.3, -0.25) is 14.2 Å². The number of fused-ring (bicyclic) bond motifs is 1. The standard InChI is InChI=1S/C22H23N3O3S/c1-5-12-25-21(27)16-8-6-7-9-17(16)24-22(25)29-15(3)20(26)23-18-13-14(2)10-11-19(18)28-4/h5-11,13,15H,1,12H2,2-4H3,(H,23,26)/t15-/m0/s1. The molecule has 3 rings (SSSR count). The largest absolute Gasteiger partial charge is 0.495 e. The fourth-order valence-electron chi connectivity index (χ4n) is 2.89. The number of carbonyl (C=O) groups excluding carboxylic acids is 1. The topological polar surface area (TPSA) is 73.2 Å². The summed E-state index contributed by atoms with van der Waals surface area (Å²) in [5.74, 6) is 0.389. The summed E-state index contributed by atoms with van der Waals surface area (Å²) in [5, 5.41) is 3.44. The van der Waals surface area contributed by atoms with Crippen LogP contribution in [0.5, 0.6) is 5.75 Å². The number of nitrogens with zero attached hydrogens (tertiary/aromatic N) is 2. The molecule has 0 unspecified atom stereocenters. The Balaban J connectivity index is 1.89. The van der Waals surface area contributed by atoms with Crippen LogP contribution in [0.2, 0.25) is 0 Å². The number of rotatable bonds is 7. The van der Waals surface area contributed by atoms with Gasteiger partial charge in [0.1, 0.15) is 5.75 Å². The molecule has 1 aromatic heterocycles. The van der Waals surface area contributed by atoms with Crippen LogP contribution >= 0.6 is 11.8 Å². The van der Waals surface area contributed by atoms with E-state index in [1.165, 1.54) is 16.3 Å². The number of carbonyl (C=O) groups is 1. The van der Waals surface area contributed by atoms with Gasteiger partial charge < -0.3 is 10.1 Å². The summed E-state index contributed by atoms with van der Waals surface area (Å²) in [6.07, 6.45) is 1.64. The van der Waals surface area contributed by atoms with Gasteiger partial charge in [0.15, 0.2) is 5.16 Å². The molecule has 1 N–H and O–H groups in total. The van der Waals surface area contributed by atoms with Crippen LogP contribution < -0.4 is 15.6 Å². The number of aryl methyl sites for hydroxylation is 1. The fourth-order valence-corrected chi connectivity index (χ4v) is 3.81. The second kappa shape index (κ2) is 8.96. The highest BCUT2D eigenvalue weighted by atomic mass is 32.2. The van der Waals surface area contributed by atoms with Gasteiger partial charge in [-0.2, -0.15) is 0 Å². The van der Waals surface area contributed by atoms with Gasteiger partial charge in [-0.1, -0.05) is 36.0 Å². The predicted molar refractivity (Wildman–Crippen MR) is 118 cm³/mol. The fraction of sp³-hybridized carbons (Fsp3) is 0.227. The monoisotopic (exact) mass is 409 g/mol. The van der Waals surface area contributed by atoms with Crippen molar-refractivity contribution in [3.8, 4) is 5.75 Å². The number of anilines is 1. The number of benzene rings is 2. The van der Waals surface area contributed by atoms with E-state index in [2.05, 4.69) is 16.9 Å². The molecule has 1 heterocycles. The Labute approximate surface area is 173 Å². The first-order valence-corrected chi connectivity index (χ1v) is 10.0. The zero-order valence-electron chi connectivity index (χ0n) is 16.6. The summed E-state index contributed by atoms with van der Waals surface area (Å²) < 4.78 is 6.86. The third kappa shape index (κ3) is 4.51. The molecule has 0 saturated carbocycles. The van der Waals surface area contributed by atoms with Gasteiger partial charge in [0.25, 0.3) is 5.56 Å². The van der Waals surface area contributed by atoms with E-state index in [0.29, 0.717) is 34.0 Å². The molecule has 0 aliphatic carbocycles. The lowest BCUT2D eigenvalue weighted by atomic mass is 10.2. The van der Waals surface area contributed by atoms with Crippen LogP contribution in [0.15, 0.2) is 65.1 Å². The molecule has 3 aromatic rings. The molecule has 29 heavy (non-hydrogen) atoms. The van der Waals surface area contributed by atoms with E-state index >= 15 is 0 Å². The van der Waals surface area contributed by atoms with Crippen molar-refractivity contribution in [3.05, 3.63) is 71.0 Å². The number of allylic oxidation sites excluding steroid dienone is 1. The molecule has 0 aliphatic heterocycles. The Morgan fingerprint density at radius 1 is 1.34 bits per heavy atom. The van der Waals surface area contributed by atoms with Crippen molar-refractivity contribution < 1.29 is 9.53 Å². The summed E-state index contributed by atoms with van der Waals surface area (Å²) in [4.78, 5) is 30.2. The number of para-hydroxylation sites is 1. The maximum absolute atomic E-state index is 12.8. The van der Waals surface area contributed by atoms with E-state index in [0.717, 1.165) is 5.56 Å². The van der Waals surface area contributed by atoms with Gasteiger partial charge in [-0.15, -0.1) is 6.58 Å². The molecule has 1 atom stereocenters. The smallest absolute Gasteiger partial charge is 0.262 e. The second-order valence-corrected chi connectivity index (χ2v) is 7.88. The Morgan fingerprint density at radius 3 is 2.83 bits per heavy atom. The van der Waals surface area contributed by atoms with E-state index in [1.807, 2.05) is 37.3 Å². The van der Waals surface area contributed by atoms with E-state index in [-0.39, 0.29) is 11.5 Å². The molecule has 6 nitrogen and oxygen atoms in total. The lowest BCUT2D eigenvalue weighted by Crippen LogP contribution is -2.27. The van der Waals surface area contributed by atoms with Crippen LogP contribution in [0.1, 0.15) is 12.5 Å². The van der Waals surface area contributed by atoms with Gasteiger partial charge in [0, 0.05) is 6.54 Å². The van der Waals surface area contributed by atoms with Crippen LogP contribution in [0, 0.1) is 6.92 Å². The van der Waals surface area contributed by atoms with Crippen molar-refractivity contribution in [1.82, 2.24) is 9.55 Å². The Hall–Kier alpha value is -3.06.